The van der Waals surface area contributed by atoms with Crippen LogP contribution in [0.5, 0.6) is 0 Å². The molecule has 6 heteroatoms. The standard InChI is InChI=1S/C23H22N2O2S2/c26-21(19-8-3-6-17-5-1-2-7-18(17)19)24-12-10-23(11-13-24)25(14-16-29-23)22(27)20-9-4-15-28-20/h1-9,15H,10-14,16H2. The maximum absolute atomic E-state index is 13.3. The smallest absolute Gasteiger partial charge is 0.265 e. The van der Waals surface area contributed by atoms with Crippen molar-refractivity contribution in [2.45, 2.75) is 17.7 Å². The van der Waals surface area contributed by atoms with Gasteiger partial charge in [-0.1, -0.05) is 42.5 Å². The van der Waals surface area contributed by atoms with Crippen molar-refractivity contribution in [2.75, 3.05) is 25.4 Å². The number of likely N-dealkylation sites (tertiary alicyclic amines) is 1. The molecule has 0 unspecified atom stereocenters. The summed E-state index contributed by atoms with van der Waals surface area (Å²) in [6, 6.07) is 17.8. The first-order valence-electron chi connectivity index (χ1n) is 9.94. The van der Waals surface area contributed by atoms with Crippen molar-refractivity contribution in [3.63, 3.8) is 0 Å². The molecule has 1 spiro atoms. The zero-order chi connectivity index (χ0) is 19.8. The summed E-state index contributed by atoms with van der Waals surface area (Å²) >= 11 is 3.39. The van der Waals surface area contributed by atoms with Crippen LogP contribution in [0.25, 0.3) is 10.8 Å². The van der Waals surface area contributed by atoms with E-state index in [2.05, 4.69) is 4.90 Å². The molecule has 29 heavy (non-hydrogen) atoms. The third-order valence-corrected chi connectivity index (χ3v) is 8.42. The molecular weight excluding hydrogens is 400 g/mol. The summed E-state index contributed by atoms with van der Waals surface area (Å²) in [5, 5.41) is 4.05. The second-order valence-electron chi connectivity index (χ2n) is 7.55. The fraction of sp³-hybridized carbons (Fsp3) is 0.304. The maximum atomic E-state index is 13.3. The van der Waals surface area contributed by atoms with Gasteiger partial charge >= 0.3 is 0 Å². The van der Waals surface area contributed by atoms with Crippen molar-refractivity contribution in [3.05, 3.63) is 70.4 Å². The number of thiophene rings is 1. The second-order valence-corrected chi connectivity index (χ2v) is 9.95. The minimum absolute atomic E-state index is 0.0933. The van der Waals surface area contributed by atoms with Crippen LogP contribution in [-0.2, 0) is 0 Å². The molecule has 3 aromatic rings. The SMILES string of the molecule is O=C(c1cccc2ccccc12)N1CCC2(CC1)SCCN2C(=O)c1cccs1. The van der Waals surface area contributed by atoms with Gasteiger partial charge in [0, 0.05) is 31.0 Å². The largest absolute Gasteiger partial charge is 0.338 e. The molecule has 0 aliphatic carbocycles. The predicted molar refractivity (Wildman–Crippen MR) is 120 cm³/mol. The summed E-state index contributed by atoms with van der Waals surface area (Å²) in [5.41, 5.74) is 0.768. The molecule has 4 nitrogen and oxygen atoms in total. The molecule has 2 fully saturated rings. The third-order valence-electron chi connectivity index (χ3n) is 6.01. The van der Waals surface area contributed by atoms with Gasteiger partial charge in [0.15, 0.2) is 0 Å². The minimum Gasteiger partial charge on any atom is -0.338 e. The molecule has 5 rings (SSSR count). The summed E-state index contributed by atoms with van der Waals surface area (Å²) in [6.45, 7) is 2.16. The zero-order valence-corrected chi connectivity index (χ0v) is 17.7. The summed E-state index contributed by atoms with van der Waals surface area (Å²) < 4.78 is 0. The number of carbonyl (C=O) groups is 2. The Hall–Kier alpha value is -2.31. The maximum Gasteiger partial charge on any atom is 0.265 e. The zero-order valence-electron chi connectivity index (χ0n) is 16.0. The highest BCUT2D eigenvalue weighted by molar-refractivity contribution is 8.00. The normalized spacial score (nSPS) is 18.5. The number of hydrogen-bond acceptors (Lipinski definition) is 4. The van der Waals surface area contributed by atoms with Crippen molar-refractivity contribution in [1.29, 1.82) is 0 Å². The highest BCUT2D eigenvalue weighted by atomic mass is 32.2. The number of benzene rings is 2. The van der Waals surface area contributed by atoms with E-state index < -0.39 is 0 Å². The molecule has 0 bridgehead atoms. The number of fused-ring (bicyclic) bond motifs is 1. The molecular formula is C23H22N2O2S2. The highest BCUT2D eigenvalue weighted by Gasteiger charge is 2.47. The average molecular weight is 423 g/mol. The van der Waals surface area contributed by atoms with Crippen molar-refractivity contribution in [3.8, 4) is 0 Å². The Morgan fingerprint density at radius 2 is 1.66 bits per heavy atom. The van der Waals surface area contributed by atoms with Crippen molar-refractivity contribution >= 4 is 45.7 Å². The molecule has 1 aromatic heterocycles. The highest BCUT2D eigenvalue weighted by Crippen LogP contribution is 2.45. The van der Waals surface area contributed by atoms with E-state index in [-0.39, 0.29) is 16.7 Å². The van der Waals surface area contributed by atoms with E-state index in [9.17, 15) is 9.59 Å². The first kappa shape index (κ1) is 18.7. The summed E-state index contributed by atoms with van der Waals surface area (Å²) in [4.78, 5) is 30.9. The van der Waals surface area contributed by atoms with E-state index in [1.54, 1.807) is 0 Å². The lowest BCUT2D eigenvalue weighted by Crippen LogP contribution is -2.53. The fourth-order valence-electron chi connectivity index (χ4n) is 4.48. The van der Waals surface area contributed by atoms with Crippen molar-refractivity contribution < 1.29 is 9.59 Å². The Morgan fingerprint density at radius 3 is 2.45 bits per heavy atom. The molecule has 0 N–H and O–H groups in total. The number of hydrogen-bond donors (Lipinski definition) is 0. The van der Waals surface area contributed by atoms with Crippen LogP contribution >= 0.6 is 23.1 Å². The third kappa shape index (κ3) is 3.24. The van der Waals surface area contributed by atoms with Crippen LogP contribution in [0.3, 0.4) is 0 Å². The van der Waals surface area contributed by atoms with Crippen LogP contribution in [-0.4, -0.2) is 51.9 Å². The lowest BCUT2D eigenvalue weighted by atomic mass is 9.99. The molecule has 2 amide bonds. The first-order chi connectivity index (χ1) is 14.2. The lowest BCUT2D eigenvalue weighted by Gasteiger charge is -2.44. The average Bonchev–Trinajstić information content (AvgIpc) is 3.44. The number of amides is 2. The summed E-state index contributed by atoms with van der Waals surface area (Å²) in [7, 11) is 0. The lowest BCUT2D eigenvalue weighted by molar-refractivity contribution is 0.0502. The molecule has 2 aliphatic heterocycles. The van der Waals surface area contributed by atoms with Crippen LogP contribution in [0.2, 0.25) is 0 Å². The van der Waals surface area contributed by atoms with E-state index >= 15 is 0 Å². The van der Waals surface area contributed by atoms with Crippen LogP contribution < -0.4 is 0 Å². The Bertz CT molecular complexity index is 1050. The van der Waals surface area contributed by atoms with E-state index in [0.717, 1.165) is 46.4 Å². The number of nitrogens with zero attached hydrogens (tertiary/aromatic N) is 2. The number of piperidine rings is 1. The molecule has 3 heterocycles. The van der Waals surface area contributed by atoms with Gasteiger partial charge in [-0.15, -0.1) is 23.1 Å². The predicted octanol–water partition coefficient (Wildman–Crippen LogP) is 4.72. The topological polar surface area (TPSA) is 40.6 Å². The van der Waals surface area contributed by atoms with Gasteiger partial charge in [0.25, 0.3) is 11.8 Å². The number of carbonyl (C=O) groups excluding carboxylic acids is 2. The second kappa shape index (κ2) is 7.50. The van der Waals surface area contributed by atoms with Gasteiger partial charge in [0.2, 0.25) is 0 Å². The first-order valence-corrected chi connectivity index (χ1v) is 11.8. The molecule has 0 saturated carbocycles. The van der Waals surface area contributed by atoms with Crippen LogP contribution in [0.4, 0.5) is 0 Å². The van der Waals surface area contributed by atoms with E-state index in [1.807, 2.05) is 76.6 Å². The fourth-order valence-corrected chi connectivity index (χ4v) is 6.61. The van der Waals surface area contributed by atoms with Gasteiger partial charge in [-0.25, -0.2) is 0 Å². The number of rotatable bonds is 2. The van der Waals surface area contributed by atoms with Gasteiger partial charge in [0.1, 0.15) is 0 Å². The van der Waals surface area contributed by atoms with Gasteiger partial charge in [0.05, 0.1) is 9.75 Å². The van der Waals surface area contributed by atoms with E-state index in [0.29, 0.717) is 13.1 Å². The van der Waals surface area contributed by atoms with Crippen LogP contribution in [0.15, 0.2) is 60.0 Å². The quantitative estimate of drug-likeness (QED) is 0.600. The van der Waals surface area contributed by atoms with E-state index in [1.165, 1.54) is 11.3 Å². The number of thioether (sulfide) groups is 1. The Balaban J connectivity index is 1.34. The molecule has 2 saturated heterocycles. The Labute approximate surface area is 178 Å². The van der Waals surface area contributed by atoms with Crippen molar-refractivity contribution in [2.24, 2.45) is 0 Å². The molecule has 2 aromatic carbocycles. The van der Waals surface area contributed by atoms with Gasteiger partial charge in [-0.3, -0.25) is 9.59 Å². The van der Waals surface area contributed by atoms with Crippen LogP contribution in [0, 0.1) is 0 Å². The van der Waals surface area contributed by atoms with Gasteiger partial charge in [-0.2, -0.15) is 0 Å². The summed E-state index contributed by atoms with van der Waals surface area (Å²) in [5.74, 6) is 1.20. The minimum atomic E-state index is -0.170. The van der Waals surface area contributed by atoms with Crippen molar-refractivity contribution in [1.82, 2.24) is 9.80 Å². The van der Waals surface area contributed by atoms with Crippen LogP contribution in [0.1, 0.15) is 32.9 Å². The monoisotopic (exact) mass is 422 g/mol. The Kier molecular flexibility index (Phi) is 4.84. The Morgan fingerprint density at radius 1 is 0.862 bits per heavy atom. The molecule has 2 aliphatic rings. The van der Waals surface area contributed by atoms with Gasteiger partial charge in [-0.05, 0) is 41.1 Å². The van der Waals surface area contributed by atoms with Gasteiger partial charge < -0.3 is 9.80 Å². The molecule has 0 radical (unpaired) electrons. The van der Waals surface area contributed by atoms with E-state index in [4.69, 9.17) is 0 Å². The molecule has 0 atom stereocenters. The molecule has 148 valence electrons. The summed E-state index contributed by atoms with van der Waals surface area (Å²) in [6.07, 6.45) is 1.65.